The van der Waals surface area contributed by atoms with Gasteiger partial charge >= 0.3 is 0 Å². The van der Waals surface area contributed by atoms with E-state index in [0.717, 1.165) is 11.3 Å². The zero-order valence-electron chi connectivity index (χ0n) is 8.08. The first-order valence-corrected chi connectivity index (χ1v) is 5.28. The van der Waals surface area contributed by atoms with Crippen LogP contribution in [0.2, 0.25) is 0 Å². The van der Waals surface area contributed by atoms with E-state index >= 15 is 0 Å². The predicted molar refractivity (Wildman–Crippen MR) is 58.9 cm³/mol. The van der Waals surface area contributed by atoms with Gasteiger partial charge in [0.2, 0.25) is 0 Å². The number of nitrogens with one attached hydrogen (secondary N) is 1. The Kier molecular flexibility index (Phi) is 4.19. The quantitative estimate of drug-likeness (QED) is 0.762. The SMILES string of the molecule is C#CCNC(C#N)c1ccc(CC)s1. The van der Waals surface area contributed by atoms with Gasteiger partial charge in [-0.3, -0.25) is 5.32 Å². The molecule has 0 spiro atoms. The van der Waals surface area contributed by atoms with Crippen molar-refractivity contribution in [1.29, 1.82) is 5.26 Å². The molecule has 1 aromatic rings. The van der Waals surface area contributed by atoms with Gasteiger partial charge in [-0.2, -0.15) is 5.26 Å². The molecule has 2 nitrogen and oxygen atoms in total. The number of rotatable bonds is 4. The van der Waals surface area contributed by atoms with Crippen molar-refractivity contribution in [1.82, 2.24) is 5.32 Å². The Morgan fingerprint density at radius 2 is 2.43 bits per heavy atom. The fourth-order valence-corrected chi connectivity index (χ4v) is 2.08. The van der Waals surface area contributed by atoms with Crippen molar-refractivity contribution in [3.8, 4) is 18.4 Å². The lowest BCUT2D eigenvalue weighted by molar-refractivity contribution is 0.701. The first-order chi connectivity index (χ1) is 6.81. The molecular weight excluding hydrogens is 192 g/mol. The van der Waals surface area contributed by atoms with Gasteiger partial charge in [-0.1, -0.05) is 12.8 Å². The molecule has 14 heavy (non-hydrogen) atoms. The summed E-state index contributed by atoms with van der Waals surface area (Å²) in [5, 5.41) is 11.9. The minimum absolute atomic E-state index is 0.267. The first kappa shape index (κ1) is 10.8. The minimum atomic E-state index is -0.267. The highest BCUT2D eigenvalue weighted by Gasteiger charge is 2.10. The van der Waals surface area contributed by atoms with Gasteiger partial charge in [0.05, 0.1) is 12.6 Å². The van der Waals surface area contributed by atoms with Crippen LogP contribution in [0.15, 0.2) is 12.1 Å². The van der Waals surface area contributed by atoms with Gasteiger partial charge < -0.3 is 0 Å². The molecule has 0 aromatic carbocycles. The molecule has 0 aliphatic rings. The van der Waals surface area contributed by atoms with Gasteiger partial charge in [0.25, 0.3) is 0 Å². The molecule has 1 N–H and O–H groups in total. The summed E-state index contributed by atoms with van der Waals surface area (Å²) in [6.07, 6.45) is 6.13. The lowest BCUT2D eigenvalue weighted by Gasteiger charge is -2.05. The summed E-state index contributed by atoms with van der Waals surface area (Å²) >= 11 is 1.66. The number of nitrogens with zero attached hydrogens (tertiary/aromatic N) is 1. The molecule has 0 amide bonds. The van der Waals surface area contributed by atoms with Gasteiger partial charge in [-0.25, -0.2) is 0 Å². The highest BCUT2D eigenvalue weighted by atomic mass is 32.1. The van der Waals surface area contributed by atoms with Crippen LogP contribution in [0.1, 0.15) is 22.7 Å². The van der Waals surface area contributed by atoms with Crippen molar-refractivity contribution >= 4 is 11.3 Å². The van der Waals surface area contributed by atoms with Gasteiger partial charge in [0, 0.05) is 9.75 Å². The third-order valence-corrected chi connectivity index (χ3v) is 3.15. The molecule has 0 saturated carbocycles. The molecule has 1 heterocycles. The molecule has 72 valence electrons. The summed E-state index contributed by atoms with van der Waals surface area (Å²) in [6, 6.07) is 5.97. The number of hydrogen-bond donors (Lipinski definition) is 1. The van der Waals surface area contributed by atoms with Crippen molar-refractivity contribution in [3.63, 3.8) is 0 Å². The maximum atomic E-state index is 8.91. The zero-order valence-corrected chi connectivity index (χ0v) is 8.90. The Morgan fingerprint density at radius 3 is 2.93 bits per heavy atom. The number of terminal acetylenes is 1. The summed E-state index contributed by atoms with van der Waals surface area (Å²) in [7, 11) is 0. The van der Waals surface area contributed by atoms with Crippen LogP contribution in [-0.4, -0.2) is 6.54 Å². The summed E-state index contributed by atoms with van der Waals surface area (Å²) in [5.41, 5.74) is 0. The highest BCUT2D eigenvalue weighted by Crippen LogP contribution is 2.23. The number of nitriles is 1. The lowest BCUT2D eigenvalue weighted by Crippen LogP contribution is -2.18. The third-order valence-electron chi connectivity index (χ3n) is 1.85. The number of hydrogen-bond acceptors (Lipinski definition) is 3. The van der Waals surface area contributed by atoms with Crippen LogP contribution < -0.4 is 5.32 Å². The Morgan fingerprint density at radius 1 is 1.64 bits per heavy atom. The summed E-state index contributed by atoms with van der Waals surface area (Å²) in [6.45, 7) is 2.53. The van der Waals surface area contributed by atoms with Crippen LogP contribution >= 0.6 is 11.3 Å². The second kappa shape index (κ2) is 5.44. The van der Waals surface area contributed by atoms with E-state index in [4.69, 9.17) is 11.7 Å². The molecule has 1 rings (SSSR count). The lowest BCUT2D eigenvalue weighted by atomic mass is 10.2. The largest absolute Gasteiger partial charge is 0.287 e. The van der Waals surface area contributed by atoms with Crippen molar-refractivity contribution in [2.45, 2.75) is 19.4 Å². The molecule has 0 aliphatic carbocycles. The van der Waals surface area contributed by atoms with Crippen molar-refractivity contribution in [2.24, 2.45) is 0 Å². The molecular formula is C11H12N2S. The fraction of sp³-hybridized carbons (Fsp3) is 0.364. The second-order valence-corrected chi connectivity index (χ2v) is 4.00. The molecule has 3 heteroatoms. The molecule has 0 radical (unpaired) electrons. The van der Waals surface area contributed by atoms with Gasteiger partial charge in [0.15, 0.2) is 0 Å². The van der Waals surface area contributed by atoms with Crippen molar-refractivity contribution in [3.05, 3.63) is 21.9 Å². The predicted octanol–water partition coefficient (Wildman–Crippen LogP) is 2.10. The monoisotopic (exact) mass is 204 g/mol. The molecule has 0 bridgehead atoms. The Hall–Kier alpha value is -1.29. The van der Waals surface area contributed by atoms with Crippen molar-refractivity contribution in [2.75, 3.05) is 6.54 Å². The van der Waals surface area contributed by atoms with Crippen LogP contribution in [-0.2, 0) is 6.42 Å². The Balaban J connectivity index is 2.70. The van der Waals surface area contributed by atoms with Crippen LogP contribution in [0.4, 0.5) is 0 Å². The van der Waals surface area contributed by atoms with E-state index in [1.54, 1.807) is 11.3 Å². The van der Waals surface area contributed by atoms with Crippen LogP contribution in [0.25, 0.3) is 0 Å². The van der Waals surface area contributed by atoms with Gasteiger partial charge in [-0.15, -0.1) is 17.8 Å². The summed E-state index contributed by atoms with van der Waals surface area (Å²) < 4.78 is 0. The van der Waals surface area contributed by atoms with Gasteiger partial charge in [0.1, 0.15) is 6.04 Å². The average Bonchev–Trinajstić information content (AvgIpc) is 2.68. The van der Waals surface area contributed by atoms with Gasteiger partial charge in [-0.05, 0) is 18.6 Å². The molecule has 1 unspecified atom stereocenters. The first-order valence-electron chi connectivity index (χ1n) is 4.47. The van der Waals surface area contributed by atoms with E-state index in [9.17, 15) is 0 Å². The maximum absolute atomic E-state index is 8.91. The van der Waals surface area contributed by atoms with E-state index in [1.807, 2.05) is 6.07 Å². The summed E-state index contributed by atoms with van der Waals surface area (Å²) in [4.78, 5) is 2.34. The minimum Gasteiger partial charge on any atom is -0.287 e. The molecule has 0 fully saturated rings. The molecule has 1 atom stereocenters. The van der Waals surface area contributed by atoms with E-state index in [1.165, 1.54) is 4.88 Å². The average molecular weight is 204 g/mol. The molecule has 0 aliphatic heterocycles. The Bertz CT molecular complexity index is 367. The smallest absolute Gasteiger partial charge is 0.131 e. The van der Waals surface area contributed by atoms with Crippen LogP contribution in [0.3, 0.4) is 0 Å². The number of aryl methyl sites for hydroxylation is 1. The van der Waals surface area contributed by atoms with Crippen LogP contribution in [0.5, 0.6) is 0 Å². The van der Waals surface area contributed by atoms with Crippen molar-refractivity contribution < 1.29 is 0 Å². The fourth-order valence-electron chi connectivity index (χ4n) is 1.11. The van der Waals surface area contributed by atoms with Crippen LogP contribution in [0, 0.1) is 23.7 Å². The van der Waals surface area contributed by atoms with E-state index in [-0.39, 0.29) is 6.04 Å². The third kappa shape index (κ3) is 2.60. The second-order valence-electron chi connectivity index (χ2n) is 2.80. The molecule has 1 aromatic heterocycles. The normalized spacial score (nSPS) is 11.6. The highest BCUT2D eigenvalue weighted by molar-refractivity contribution is 7.12. The topological polar surface area (TPSA) is 35.8 Å². The van der Waals surface area contributed by atoms with E-state index in [0.29, 0.717) is 6.54 Å². The summed E-state index contributed by atoms with van der Waals surface area (Å²) in [5.74, 6) is 2.47. The zero-order chi connectivity index (χ0) is 10.4. The maximum Gasteiger partial charge on any atom is 0.131 e. The Labute approximate surface area is 88.6 Å². The molecule has 0 saturated heterocycles. The van der Waals surface area contributed by atoms with E-state index in [2.05, 4.69) is 30.3 Å². The standard InChI is InChI=1S/C11H12N2S/c1-3-7-13-10(8-12)11-6-5-9(4-2)14-11/h1,5-6,10,13H,4,7H2,2H3. The van der Waals surface area contributed by atoms with E-state index < -0.39 is 0 Å². The number of thiophene rings is 1.